The number of aliphatic hydroxyl groups is 1. The molecule has 1 saturated carbocycles. The van der Waals surface area contributed by atoms with Gasteiger partial charge in [-0.2, -0.15) is 0 Å². The molecular formula is C23H37ClO4. The number of halogens is 1. The minimum Gasteiger partial charge on any atom is -0.513 e. The van der Waals surface area contributed by atoms with Crippen molar-refractivity contribution in [2.24, 2.45) is 17.8 Å². The van der Waals surface area contributed by atoms with Gasteiger partial charge in [-0.1, -0.05) is 13.8 Å². The van der Waals surface area contributed by atoms with E-state index in [1.54, 1.807) is 0 Å². The normalized spacial score (nSPS) is 32.3. The number of esters is 1. The van der Waals surface area contributed by atoms with Crippen LogP contribution in [0.25, 0.3) is 0 Å². The topological polar surface area (TPSA) is 55.8 Å². The van der Waals surface area contributed by atoms with Crippen LogP contribution in [-0.4, -0.2) is 34.3 Å². The zero-order chi connectivity index (χ0) is 20.3. The second-order valence-electron chi connectivity index (χ2n) is 9.48. The van der Waals surface area contributed by atoms with Gasteiger partial charge in [-0.05, 0) is 68.8 Å². The van der Waals surface area contributed by atoms with Crippen molar-refractivity contribution in [3.05, 3.63) is 11.8 Å². The van der Waals surface area contributed by atoms with E-state index in [9.17, 15) is 9.90 Å². The lowest BCUT2D eigenvalue weighted by atomic mass is 9.78. The first-order valence-corrected chi connectivity index (χ1v) is 11.6. The number of aliphatic hydroxyl groups excluding tert-OH is 1. The summed E-state index contributed by atoms with van der Waals surface area (Å²) in [4.78, 5) is 11.5. The Hall–Kier alpha value is -0.740. The summed E-state index contributed by atoms with van der Waals surface area (Å²) in [5.74, 6) is 1.81. The lowest BCUT2D eigenvalue weighted by Gasteiger charge is -2.40. The van der Waals surface area contributed by atoms with Crippen molar-refractivity contribution in [3.8, 4) is 0 Å². The summed E-state index contributed by atoms with van der Waals surface area (Å²) in [6.07, 6.45) is 11.9. The minimum absolute atomic E-state index is 0.0101. The number of carbonyl (C=O) groups is 1. The molecule has 1 aliphatic heterocycles. The molecule has 4 unspecified atom stereocenters. The fourth-order valence-corrected chi connectivity index (χ4v) is 5.39. The smallest absolute Gasteiger partial charge is 0.302 e. The average Bonchev–Trinajstić information content (AvgIpc) is 3.39. The van der Waals surface area contributed by atoms with Gasteiger partial charge in [-0.25, -0.2) is 0 Å². The van der Waals surface area contributed by atoms with E-state index in [0.717, 1.165) is 64.2 Å². The molecule has 2 aliphatic carbocycles. The molecule has 0 aromatic heterocycles. The lowest BCUT2D eigenvalue weighted by molar-refractivity contribution is -0.168. The molecule has 0 radical (unpaired) electrons. The van der Waals surface area contributed by atoms with Gasteiger partial charge in [0.05, 0.1) is 17.5 Å². The van der Waals surface area contributed by atoms with Crippen LogP contribution in [0.15, 0.2) is 11.8 Å². The van der Waals surface area contributed by atoms with E-state index >= 15 is 0 Å². The molecule has 3 rings (SSSR count). The van der Waals surface area contributed by atoms with Crippen molar-refractivity contribution in [1.82, 2.24) is 0 Å². The molecule has 0 aromatic carbocycles. The highest BCUT2D eigenvalue weighted by atomic mass is 35.5. The van der Waals surface area contributed by atoms with Crippen LogP contribution in [0.3, 0.4) is 0 Å². The zero-order valence-corrected chi connectivity index (χ0v) is 18.4. The Kier molecular flexibility index (Phi) is 7.36. The van der Waals surface area contributed by atoms with Crippen molar-refractivity contribution in [3.63, 3.8) is 0 Å². The maximum atomic E-state index is 11.5. The Morgan fingerprint density at radius 2 is 2.21 bits per heavy atom. The number of allylic oxidation sites excluding steroid dienone is 2. The molecule has 28 heavy (non-hydrogen) atoms. The van der Waals surface area contributed by atoms with E-state index in [4.69, 9.17) is 21.1 Å². The highest BCUT2D eigenvalue weighted by Crippen LogP contribution is 2.50. The molecule has 0 aromatic rings. The van der Waals surface area contributed by atoms with Crippen LogP contribution in [-0.2, 0) is 14.3 Å². The van der Waals surface area contributed by atoms with Crippen LogP contribution in [0, 0.1) is 17.8 Å². The van der Waals surface area contributed by atoms with Gasteiger partial charge in [0.2, 0.25) is 0 Å². The first-order chi connectivity index (χ1) is 13.3. The summed E-state index contributed by atoms with van der Waals surface area (Å²) in [6.45, 7) is 5.93. The van der Waals surface area contributed by atoms with Crippen molar-refractivity contribution < 1.29 is 19.4 Å². The number of alkyl halides is 1. The summed E-state index contributed by atoms with van der Waals surface area (Å²) in [5.41, 5.74) is -0.0381. The first kappa shape index (κ1) is 22.0. The zero-order valence-electron chi connectivity index (χ0n) is 17.7. The van der Waals surface area contributed by atoms with E-state index in [1.165, 1.54) is 6.92 Å². The summed E-state index contributed by atoms with van der Waals surface area (Å²) in [5, 5.41) is 9.83. The molecule has 5 heteroatoms. The summed E-state index contributed by atoms with van der Waals surface area (Å²) < 4.78 is 12.1. The number of ether oxygens (including phenoxy) is 2. The third-order valence-corrected chi connectivity index (χ3v) is 7.64. The molecular weight excluding hydrogens is 376 g/mol. The van der Waals surface area contributed by atoms with Gasteiger partial charge >= 0.3 is 5.97 Å². The van der Waals surface area contributed by atoms with Crippen molar-refractivity contribution >= 4 is 17.6 Å². The van der Waals surface area contributed by atoms with Gasteiger partial charge in [0.25, 0.3) is 0 Å². The fourth-order valence-electron chi connectivity index (χ4n) is 5.18. The molecule has 1 spiro atoms. The van der Waals surface area contributed by atoms with E-state index in [2.05, 4.69) is 13.8 Å². The minimum atomic E-state index is -0.188. The number of hydrogen-bond donors (Lipinski definition) is 1. The third kappa shape index (κ3) is 5.89. The van der Waals surface area contributed by atoms with Crippen molar-refractivity contribution in [1.29, 1.82) is 0 Å². The number of hydrogen-bond acceptors (Lipinski definition) is 4. The molecule has 0 amide bonds. The first-order valence-electron chi connectivity index (χ1n) is 11.2. The second kappa shape index (κ2) is 9.38. The van der Waals surface area contributed by atoms with E-state index in [0.29, 0.717) is 23.5 Å². The monoisotopic (exact) mass is 412 g/mol. The van der Waals surface area contributed by atoms with E-state index in [1.807, 2.05) is 6.08 Å². The van der Waals surface area contributed by atoms with Crippen LogP contribution in [0.1, 0.15) is 85.0 Å². The Balaban J connectivity index is 1.60. The van der Waals surface area contributed by atoms with Gasteiger partial charge in [0.15, 0.2) is 0 Å². The van der Waals surface area contributed by atoms with Gasteiger partial charge < -0.3 is 14.6 Å². The molecule has 1 N–H and O–H groups in total. The fraction of sp³-hybridized carbons (Fsp3) is 0.870. The van der Waals surface area contributed by atoms with Gasteiger partial charge in [-0.15, -0.1) is 11.6 Å². The highest BCUT2D eigenvalue weighted by Gasteiger charge is 2.52. The number of carbonyl (C=O) groups excluding carboxylic acids is 1. The van der Waals surface area contributed by atoms with E-state index in [-0.39, 0.29) is 29.2 Å². The van der Waals surface area contributed by atoms with Crippen LogP contribution in [0.2, 0.25) is 0 Å². The summed E-state index contributed by atoms with van der Waals surface area (Å²) >= 11 is 6.75. The molecule has 4 nitrogen and oxygen atoms in total. The Labute approximate surface area is 175 Å². The van der Waals surface area contributed by atoms with Crippen LogP contribution in [0.5, 0.6) is 0 Å². The maximum Gasteiger partial charge on any atom is 0.302 e. The lowest BCUT2D eigenvalue weighted by Crippen LogP contribution is -2.42. The highest BCUT2D eigenvalue weighted by molar-refractivity contribution is 6.20. The Morgan fingerprint density at radius 1 is 1.46 bits per heavy atom. The molecule has 1 heterocycles. The average molecular weight is 413 g/mol. The van der Waals surface area contributed by atoms with Gasteiger partial charge in [0.1, 0.15) is 6.10 Å². The quantitative estimate of drug-likeness (QED) is 0.397. The molecule has 2 fully saturated rings. The van der Waals surface area contributed by atoms with Crippen LogP contribution < -0.4 is 0 Å². The summed E-state index contributed by atoms with van der Waals surface area (Å²) in [7, 11) is 0. The van der Waals surface area contributed by atoms with Crippen LogP contribution >= 0.6 is 11.6 Å². The van der Waals surface area contributed by atoms with Crippen molar-refractivity contribution in [2.75, 3.05) is 0 Å². The molecule has 0 bridgehead atoms. The molecule has 160 valence electrons. The Morgan fingerprint density at radius 3 is 2.79 bits per heavy atom. The largest absolute Gasteiger partial charge is 0.513 e. The van der Waals surface area contributed by atoms with Crippen LogP contribution in [0.4, 0.5) is 0 Å². The molecule has 3 aliphatic rings. The summed E-state index contributed by atoms with van der Waals surface area (Å²) in [6, 6.07) is 0. The van der Waals surface area contributed by atoms with E-state index < -0.39 is 0 Å². The standard InChI is InChI=1S/C23H37ClO4/c1-4-21(24)18(12-17-5-7-19(26)8-6-17)11-15(2)22-13-20(27-16(3)25)14-23(28-22)9-10-23/h7,15,17-18,20-22,26H,4-6,8-14H2,1-3H3/t15?,17?,18?,20-,21?,22-/m1/s1. The second-order valence-corrected chi connectivity index (χ2v) is 10.0. The predicted molar refractivity (Wildman–Crippen MR) is 111 cm³/mol. The Bertz CT molecular complexity index is 571. The molecule has 6 atom stereocenters. The third-order valence-electron chi connectivity index (χ3n) is 6.98. The van der Waals surface area contributed by atoms with Gasteiger partial charge in [0, 0.05) is 31.6 Å². The SMILES string of the molecule is CCC(Cl)C(CC1CC=C(O)CC1)CC(C)[C@H]1C[C@@H](OC(C)=O)CC2(CC2)O1. The predicted octanol–water partition coefficient (Wildman–Crippen LogP) is 5.92. The number of rotatable bonds is 8. The van der Waals surface area contributed by atoms with Crippen molar-refractivity contribution in [2.45, 2.75) is 108 Å². The maximum absolute atomic E-state index is 11.5. The van der Waals surface area contributed by atoms with Gasteiger partial charge in [-0.3, -0.25) is 4.79 Å². The molecule has 1 saturated heterocycles.